The van der Waals surface area contributed by atoms with Gasteiger partial charge in [0.15, 0.2) is 0 Å². The fraction of sp³-hybridized carbons (Fsp3) is 0.200. The van der Waals surface area contributed by atoms with Gasteiger partial charge in [-0.1, -0.05) is 0 Å². The van der Waals surface area contributed by atoms with Crippen LogP contribution in [-0.2, 0) is 9.53 Å². The van der Waals surface area contributed by atoms with Crippen molar-refractivity contribution < 1.29 is 14.3 Å². The Morgan fingerprint density at radius 3 is 3.00 bits per heavy atom. The predicted molar refractivity (Wildman–Crippen MR) is 49.7 cm³/mol. The van der Waals surface area contributed by atoms with Gasteiger partial charge in [0.25, 0.3) is 0 Å². The number of ether oxygens (including phenoxy) is 1. The number of hydrogen-bond donors (Lipinski definition) is 0. The third-order valence-electron chi connectivity index (χ3n) is 2.02. The molecule has 4 nitrogen and oxygen atoms in total. The Hall–Kier alpha value is -1.84. The van der Waals surface area contributed by atoms with E-state index in [1.807, 2.05) is 0 Å². The molecule has 0 aliphatic carbocycles. The maximum absolute atomic E-state index is 11.6. The molecule has 1 aromatic heterocycles. The molecule has 0 atom stereocenters. The molecule has 1 aromatic rings. The van der Waals surface area contributed by atoms with Crippen LogP contribution >= 0.6 is 0 Å². The monoisotopic (exact) mass is 191 g/mol. The van der Waals surface area contributed by atoms with Crippen molar-refractivity contribution in [1.82, 2.24) is 4.57 Å². The molecule has 14 heavy (non-hydrogen) atoms. The van der Waals surface area contributed by atoms with Crippen LogP contribution in [0.1, 0.15) is 17.4 Å². The van der Waals surface area contributed by atoms with Gasteiger partial charge in [-0.05, 0) is 19.1 Å². The molecule has 0 bridgehead atoms. The molecule has 0 spiro atoms. The van der Waals surface area contributed by atoms with Crippen LogP contribution in [0.3, 0.4) is 0 Å². The molecule has 0 radical (unpaired) electrons. The number of carbonyl (C=O) groups excluding carboxylic acids is 2. The maximum Gasteiger partial charge on any atom is 0.343 e. The Morgan fingerprint density at radius 2 is 2.36 bits per heavy atom. The SMILES string of the molecule is CCOC(=O)C1=Cn2cccc2C1=O. The number of carbonyl (C=O) groups is 2. The normalized spacial score (nSPS) is 13.8. The van der Waals surface area contributed by atoms with Crippen molar-refractivity contribution in [2.75, 3.05) is 6.61 Å². The molecule has 1 aliphatic heterocycles. The van der Waals surface area contributed by atoms with Crippen LogP contribution in [0, 0.1) is 0 Å². The molecule has 0 unspecified atom stereocenters. The maximum atomic E-state index is 11.6. The van der Waals surface area contributed by atoms with Gasteiger partial charge in [0.2, 0.25) is 5.78 Å². The molecule has 1 aliphatic rings. The highest BCUT2D eigenvalue weighted by Crippen LogP contribution is 2.19. The molecule has 4 heteroatoms. The summed E-state index contributed by atoms with van der Waals surface area (Å²) in [6.45, 7) is 1.98. The summed E-state index contributed by atoms with van der Waals surface area (Å²) in [5, 5.41) is 0. The van der Waals surface area contributed by atoms with Gasteiger partial charge in [-0.2, -0.15) is 0 Å². The first-order valence-electron chi connectivity index (χ1n) is 4.34. The van der Waals surface area contributed by atoms with E-state index in [2.05, 4.69) is 0 Å². The average Bonchev–Trinajstić information content (AvgIpc) is 2.69. The van der Waals surface area contributed by atoms with Crippen molar-refractivity contribution in [2.45, 2.75) is 6.92 Å². The molecule has 2 rings (SSSR count). The number of fused-ring (bicyclic) bond motifs is 1. The van der Waals surface area contributed by atoms with Gasteiger partial charge in [-0.3, -0.25) is 4.79 Å². The first-order valence-corrected chi connectivity index (χ1v) is 4.34. The highest BCUT2D eigenvalue weighted by molar-refractivity contribution is 6.28. The molecule has 0 saturated carbocycles. The van der Waals surface area contributed by atoms with Crippen LogP contribution in [0.4, 0.5) is 0 Å². The summed E-state index contributed by atoms with van der Waals surface area (Å²) in [5.74, 6) is -0.824. The van der Waals surface area contributed by atoms with Crippen molar-refractivity contribution in [3.63, 3.8) is 0 Å². The van der Waals surface area contributed by atoms with E-state index in [0.717, 1.165) is 0 Å². The summed E-state index contributed by atoms with van der Waals surface area (Å²) in [6, 6.07) is 3.43. The van der Waals surface area contributed by atoms with Gasteiger partial charge in [-0.25, -0.2) is 4.79 Å². The summed E-state index contributed by atoms with van der Waals surface area (Å²) >= 11 is 0. The van der Waals surface area contributed by atoms with Crippen molar-refractivity contribution >= 4 is 18.0 Å². The number of nitrogens with zero attached hydrogens (tertiary/aromatic N) is 1. The van der Waals surface area contributed by atoms with Gasteiger partial charge in [0, 0.05) is 12.4 Å². The van der Waals surface area contributed by atoms with Crippen LogP contribution in [0.25, 0.3) is 6.20 Å². The number of rotatable bonds is 2. The van der Waals surface area contributed by atoms with Crippen molar-refractivity contribution in [3.05, 3.63) is 29.6 Å². The van der Waals surface area contributed by atoms with Crippen molar-refractivity contribution in [2.24, 2.45) is 0 Å². The van der Waals surface area contributed by atoms with E-state index in [9.17, 15) is 9.59 Å². The highest BCUT2D eigenvalue weighted by Gasteiger charge is 2.28. The third kappa shape index (κ3) is 1.16. The molecule has 72 valence electrons. The zero-order valence-electron chi connectivity index (χ0n) is 7.69. The van der Waals surface area contributed by atoms with E-state index in [1.54, 1.807) is 29.8 Å². The van der Waals surface area contributed by atoms with Crippen LogP contribution < -0.4 is 0 Å². The second-order valence-electron chi connectivity index (χ2n) is 2.89. The Labute approximate surface area is 80.8 Å². The van der Waals surface area contributed by atoms with Gasteiger partial charge >= 0.3 is 5.97 Å². The lowest BCUT2D eigenvalue weighted by molar-refractivity contribution is -0.137. The molecular formula is C10H9NO3. The van der Waals surface area contributed by atoms with Crippen molar-refractivity contribution in [1.29, 1.82) is 0 Å². The number of esters is 1. The van der Waals surface area contributed by atoms with Gasteiger partial charge in [0.05, 0.1) is 12.3 Å². The van der Waals surface area contributed by atoms with Gasteiger partial charge < -0.3 is 9.30 Å². The number of ketones is 1. The lowest BCUT2D eigenvalue weighted by Crippen LogP contribution is -2.12. The summed E-state index contributed by atoms with van der Waals surface area (Å²) in [4.78, 5) is 22.9. The average molecular weight is 191 g/mol. The van der Waals surface area contributed by atoms with E-state index in [1.165, 1.54) is 6.20 Å². The lowest BCUT2D eigenvalue weighted by Gasteiger charge is -1.99. The molecule has 2 heterocycles. The van der Waals surface area contributed by atoms with Crippen LogP contribution in [-0.4, -0.2) is 22.9 Å². The zero-order valence-corrected chi connectivity index (χ0v) is 7.69. The van der Waals surface area contributed by atoms with Gasteiger partial charge in [0.1, 0.15) is 5.57 Å². The summed E-state index contributed by atoms with van der Waals surface area (Å²) in [7, 11) is 0. The second-order valence-corrected chi connectivity index (χ2v) is 2.89. The fourth-order valence-electron chi connectivity index (χ4n) is 1.39. The number of Topliss-reactive ketones (excluding diaryl/α,β-unsaturated/α-hetero) is 1. The summed E-state index contributed by atoms with van der Waals surface area (Å²) in [5.41, 5.74) is 0.607. The van der Waals surface area contributed by atoms with E-state index in [0.29, 0.717) is 5.69 Å². The standard InChI is InChI=1S/C10H9NO3/c1-2-14-10(13)7-6-11-5-3-4-8(11)9(7)12/h3-6H,2H2,1H3. The molecule has 0 N–H and O–H groups in total. The topological polar surface area (TPSA) is 48.3 Å². The zero-order chi connectivity index (χ0) is 10.1. The Morgan fingerprint density at radius 1 is 1.57 bits per heavy atom. The quantitative estimate of drug-likeness (QED) is 0.519. The second kappa shape index (κ2) is 3.14. The fourth-order valence-corrected chi connectivity index (χ4v) is 1.39. The Bertz CT molecular complexity index is 428. The molecule has 0 saturated heterocycles. The smallest absolute Gasteiger partial charge is 0.343 e. The molecule has 0 fully saturated rings. The first kappa shape index (κ1) is 8.74. The minimum Gasteiger partial charge on any atom is -0.462 e. The van der Waals surface area contributed by atoms with Crippen LogP contribution in [0.2, 0.25) is 0 Å². The summed E-state index contributed by atoms with van der Waals surface area (Å²) in [6.07, 6.45) is 3.22. The van der Waals surface area contributed by atoms with E-state index >= 15 is 0 Å². The molecule has 0 aromatic carbocycles. The van der Waals surface area contributed by atoms with Crippen LogP contribution in [0.15, 0.2) is 23.9 Å². The Kier molecular flexibility index (Phi) is 1.96. The molecule has 0 amide bonds. The minimum atomic E-state index is -0.554. The molecular weight excluding hydrogens is 182 g/mol. The Balaban J connectivity index is 2.30. The predicted octanol–water partition coefficient (Wildman–Crippen LogP) is 1.09. The first-order chi connectivity index (χ1) is 6.74. The van der Waals surface area contributed by atoms with Gasteiger partial charge in [-0.15, -0.1) is 0 Å². The van der Waals surface area contributed by atoms with E-state index in [4.69, 9.17) is 4.74 Å². The number of aromatic nitrogens is 1. The van der Waals surface area contributed by atoms with Crippen LogP contribution in [0.5, 0.6) is 0 Å². The minimum absolute atomic E-state index is 0.0995. The third-order valence-corrected chi connectivity index (χ3v) is 2.02. The van der Waals surface area contributed by atoms with E-state index in [-0.39, 0.29) is 18.0 Å². The lowest BCUT2D eigenvalue weighted by atomic mass is 10.2. The largest absolute Gasteiger partial charge is 0.462 e. The summed E-state index contributed by atoms with van der Waals surface area (Å²) < 4.78 is 6.38. The highest BCUT2D eigenvalue weighted by atomic mass is 16.5. The van der Waals surface area contributed by atoms with Crippen molar-refractivity contribution in [3.8, 4) is 0 Å². The number of hydrogen-bond acceptors (Lipinski definition) is 3. The van der Waals surface area contributed by atoms with E-state index < -0.39 is 5.97 Å².